The first-order valence-corrected chi connectivity index (χ1v) is 7.69. The van der Waals surface area contributed by atoms with Gasteiger partial charge in [-0.15, -0.1) is 11.3 Å². The van der Waals surface area contributed by atoms with E-state index in [1.54, 1.807) is 12.4 Å². The Hall–Kier alpha value is -2.02. The van der Waals surface area contributed by atoms with Crippen molar-refractivity contribution < 1.29 is 4.79 Å². The summed E-state index contributed by atoms with van der Waals surface area (Å²) in [6.45, 7) is 6.73. The first-order chi connectivity index (χ1) is 10.0. The number of anilines is 1. The fourth-order valence-electron chi connectivity index (χ4n) is 1.72. The highest BCUT2D eigenvalue weighted by atomic mass is 32.1. The fraction of sp³-hybridized carbons (Fsp3) is 0.429. The lowest BCUT2D eigenvalue weighted by atomic mass is 10.1. The highest BCUT2D eigenvalue weighted by molar-refractivity contribution is 7.09. The summed E-state index contributed by atoms with van der Waals surface area (Å²) in [5, 5.41) is 8.78. The molecule has 6 nitrogen and oxygen atoms in total. The lowest BCUT2D eigenvalue weighted by Crippen LogP contribution is -2.41. The molecule has 1 amide bonds. The van der Waals surface area contributed by atoms with Gasteiger partial charge >= 0.3 is 0 Å². The Morgan fingerprint density at radius 1 is 1.29 bits per heavy atom. The summed E-state index contributed by atoms with van der Waals surface area (Å²) >= 11 is 1.51. The third-order valence-electron chi connectivity index (χ3n) is 2.83. The number of carbonyl (C=O) groups is 1. The van der Waals surface area contributed by atoms with E-state index >= 15 is 0 Å². The molecule has 0 atom stereocenters. The van der Waals surface area contributed by atoms with E-state index in [4.69, 9.17) is 0 Å². The number of carbonyl (C=O) groups excluding carboxylic acids is 1. The van der Waals surface area contributed by atoms with Crippen molar-refractivity contribution in [2.45, 2.75) is 32.7 Å². The van der Waals surface area contributed by atoms with Gasteiger partial charge in [0.25, 0.3) is 5.91 Å². The Kier molecular flexibility index (Phi) is 4.85. The zero-order chi connectivity index (χ0) is 15.3. The second-order valence-electron chi connectivity index (χ2n) is 5.13. The lowest BCUT2D eigenvalue weighted by molar-refractivity contribution is 0.0906. The zero-order valence-corrected chi connectivity index (χ0v) is 13.2. The van der Waals surface area contributed by atoms with Gasteiger partial charge in [0.05, 0.1) is 17.9 Å². The van der Waals surface area contributed by atoms with Crippen LogP contribution in [0.1, 0.15) is 42.7 Å². The van der Waals surface area contributed by atoms with Crippen LogP contribution in [-0.2, 0) is 5.54 Å². The largest absolute Gasteiger partial charge is 0.369 e. The minimum atomic E-state index is -0.536. The molecule has 0 aliphatic carbocycles. The van der Waals surface area contributed by atoms with Crippen molar-refractivity contribution >= 4 is 23.1 Å². The van der Waals surface area contributed by atoms with Gasteiger partial charge in [0, 0.05) is 18.1 Å². The van der Waals surface area contributed by atoms with E-state index < -0.39 is 5.54 Å². The molecule has 0 aliphatic heterocycles. The van der Waals surface area contributed by atoms with Crippen LogP contribution >= 0.6 is 11.3 Å². The smallest absolute Gasteiger partial charge is 0.272 e. The van der Waals surface area contributed by atoms with Gasteiger partial charge in [-0.05, 0) is 20.3 Å². The first kappa shape index (κ1) is 15.4. The number of hydrogen-bond donors (Lipinski definition) is 2. The molecule has 2 rings (SSSR count). The van der Waals surface area contributed by atoms with E-state index in [1.165, 1.54) is 17.5 Å². The molecule has 0 radical (unpaired) electrons. The van der Waals surface area contributed by atoms with Crippen molar-refractivity contribution in [1.82, 2.24) is 20.3 Å². The monoisotopic (exact) mass is 305 g/mol. The molecule has 112 valence electrons. The van der Waals surface area contributed by atoms with E-state index in [0.717, 1.165) is 18.0 Å². The van der Waals surface area contributed by atoms with Gasteiger partial charge in [0.2, 0.25) is 0 Å². The number of rotatable bonds is 6. The highest BCUT2D eigenvalue weighted by Gasteiger charge is 2.26. The van der Waals surface area contributed by atoms with Crippen LogP contribution in [0.5, 0.6) is 0 Å². The first-order valence-electron chi connectivity index (χ1n) is 6.81. The Bertz CT molecular complexity index is 580. The molecule has 0 saturated carbocycles. The Balaban J connectivity index is 2.03. The molecule has 0 aliphatic rings. The van der Waals surface area contributed by atoms with E-state index in [2.05, 4.69) is 32.5 Å². The molecular formula is C14H19N5OS. The third-order valence-corrected chi connectivity index (χ3v) is 3.93. The van der Waals surface area contributed by atoms with E-state index in [0.29, 0.717) is 11.5 Å². The van der Waals surface area contributed by atoms with Crippen molar-refractivity contribution in [3.8, 4) is 0 Å². The number of hydrogen-bond acceptors (Lipinski definition) is 6. The standard InChI is InChI=1S/C14H19N5OS/c1-4-5-15-11-9-17-10(8-18-11)12(20)19-14(2,3)13-16-6-7-21-13/h6-9H,4-5H2,1-3H3,(H,15,18)(H,19,20). The van der Waals surface area contributed by atoms with Crippen LogP contribution in [0.3, 0.4) is 0 Å². The molecule has 0 fully saturated rings. The van der Waals surface area contributed by atoms with Gasteiger partial charge in [-0.25, -0.2) is 15.0 Å². The molecule has 0 spiro atoms. The number of thiazole rings is 1. The third kappa shape index (κ3) is 3.98. The van der Waals surface area contributed by atoms with Crippen LogP contribution < -0.4 is 10.6 Å². The van der Waals surface area contributed by atoms with Crippen LogP contribution in [-0.4, -0.2) is 27.4 Å². The predicted octanol–water partition coefficient (Wildman–Crippen LogP) is 2.42. The van der Waals surface area contributed by atoms with Crippen molar-refractivity contribution in [3.63, 3.8) is 0 Å². The second-order valence-corrected chi connectivity index (χ2v) is 6.02. The molecule has 2 aromatic heterocycles. The number of nitrogens with zero attached hydrogens (tertiary/aromatic N) is 3. The Morgan fingerprint density at radius 3 is 2.67 bits per heavy atom. The normalized spacial score (nSPS) is 11.2. The predicted molar refractivity (Wildman–Crippen MR) is 83.4 cm³/mol. The maximum atomic E-state index is 12.2. The van der Waals surface area contributed by atoms with Crippen LogP contribution in [0.25, 0.3) is 0 Å². The van der Waals surface area contributed by atoms with E-state index in [-0.39, 0.29) is 5.91 Å². The molecule has 0 bridgehead atoms. The van der Waals surface area contributed by atoms with Crippen LogP contribution in [0.15, 0.2) is 24.0 Å². The summed E-state index contributed by atoms with van der Waals surface area (Å²) in [5.41, 5.74) is -0.242. The van der Waals surface area contributed by atoms with Crippen LogP contribution in [0.4, 0.5) is 5.82 Å². The molecule has 2 N–H and O–H groups in total. The van der Waals surface area contributed by atoms with E-state index in [9.17, 15) is 4.79 Å². The molecule has 2 aromatic rings. The van der Waals surface area contributed by atoms with Gasteiger partial charge < -0.3 is 10.6 Å². The topological polar surface area (TPSA) is 79.8 Å². The number of aromatic nitrogens is 3. The highest BCUT2D eigenvalue weighted by Crippen LogP contribution is 2.22. The summed E-state index contributed by atoms with van der Waals surface area (Å²) < 4.78 is 0. The molecule has 7 heteroatoms. The summed E-state index contributed by atoms with van der Waals surface area (Å²) in [6.07, 6.45) is 5.78. The zero-order valence-electron chi connectivity index (χ0n) is 12.4. The number of nitrogens with one attached hydrogen (secondary N) is 2. The van der Waals surface area contributed by atoms with Gasteiger partial charge in [0.15, 0.2) is 0 Å². The molecule has 2 heterocycles. The van der Waals surface area contributed by atoms with Crippen molar-refractivity contribution in [1.29, 1.82) is 0 Å². The SMILES string of the molecule is CCCNc1cnc(C(=O)NC(C)(C)c2nccs2)cn1. The quantitative estimate of drug-likeness (QED) is 0.856. The Labute approximate surface area is 128 Å². The molecule has 21 heavy (non-hydrogen) atoms. The van der Waals surface area contributed by atoms with Gasteiger partial charge in [-0.3, -0.25) is 4.79 Å². The molecule has 0 saturated heterocycles. The summed E-state index contributed by atoms with van der Waals surface area (Å²) in [7, 11) is 0. The van der Waals surface area contributed by atoms with Gasteiger partial charge in [0.1, 0.15) is 16.5 Å². The van der Waals surface area contributed by atoms with Crippen molar-refractivity contribution in [2.75, 3.05) is 11.9 Å². The van der Waals surface area contributed by atoms with Crippen molar-refractivity contribution in [3.05, 3.63) is 34.7 Å². The summed E-state index contributed by atoms with van der Waals surface area (Å²) in [6, 6.07) is 0. The maximum Gasteiger partial charge on any atom is 0.272 e. The maximum absolute atomic E-state index is 12.2. The lowest BCUT2D eigenvalue weighted by Gasteiger charge is -2.23. The molecule has 0 aromatic carbocycles. The molecular weight excluding hydrogens is 286 g/mol. The van der Waals surface area contributed by atoms with Gasteiger partial charge in [-0.2, -0.15) is 0 Å². The fourth-order valence-corrected chi connectivity index (χ4v) is 2.44. The minimum absolute atomic E-state index is 0.259. The summed E-state index contributed by atoms with van der Waals surface area (Å²) in [5.74, 6) is 0.414. The number of amides is 1. The summed E-state index contributed by atoms with van der Waals surface area (Å²) in [4.78, 5) is 24.8. The van der Waals surface area contributed by atoms with Crippen molar-refractivity contribution in [2.24, 2.45) is 0 Å². The van der Waals surface area contributed by atoms with Crippen LogP contribution in [0.2, 0.25) is 0 Å². The van der Waals surface area contributed by atoms with Crippen LogP contribution in [0, 0.1) is 0 Å². The average Bonchev–Trinajstić information content (AvgIpc) is 3.00. The second kappa shape index (κ2) is 6.62. The van der Waals surface area contributed by atoms with Gasteiger partial charge in [-0.1, -0.05) is 6.92 Å². The molecule has 0 unspecified atom stereocenters. The van der Waals surface area contributed by atoms with E-state index in [1.807, 2.05) is 19.2 Å². The average molecular weight is 305 g/mol. The Morgan fingerprint density at radius 2 is 2.10 bits per heavy atom. The minimum Gasteiger partial charge on any atom is -0.369 e.